The Morgan fingerprint density at radius 3 is 2.66 bits per heavy atom. The first-order valence-corrected chi connectivity index (χ1v) is 10.1. The highest BCUT2D eigenvalue weighted by atomic mass is 32.2. The smallest absolute Gasteiger partial charge is 0.277 e. The zero-order valence-electron chi connectivity index (χ0n) is 15.5. The standard InChI is InChI=1S/C20H16N4O4S/c1-2-12-3-5-13(6-4-12)18-21-17(28-24-18)10-29-20-23-22-19(27-20)14-7-8-15-16(9-14)26-11-25-15/h3-9H,2,10-11H2,1H3. The third-order valence-corrected chi connectivity index (χ3v) is 5.24. The molecule has 0 radical (unpaired) electrons. The molecule has 9 heteroatoms. The Kier molecular flexibility index (Phi) is 4.65. The summed E-state index contributed by atoms with van der Waals surface area (Å²) in [6.45, 7) is 2.34. The minimum atomic E-state index is 0.221. The molecule has 5 rings (SSSR count). The fraction of sp³-hybridized carbons (Fsp3) is 0.200. The second kappa shape index (κ2) is 7.59. The van der Waals surface area contributed by atoms with Crippen molar-refractivity contribution < 1.29 is 18.4 Å². The molecule has 0 fully saturated rings. The molecule has 0 saturated carbocycles. The van der Waals surface area contributed by atoms with Crippen molar-refractivity contribution in [1.29, 1.82) is 0 Å². The van der Waals surface area contributed by atoms with Gasteiger partial charge in [0.1, 0.15) is 0 Å². The van der Waals surface area contributed by atoms with Crippen molar-refractivity contribution in [3.05, 3.63) is 53.9 Å². The number of hydrogen-bond donors (Lipinski definition) is 0. The van der Waals surface area contributed by atoms with E-state index in [0.29, 0.717) is 40.1 Å². The van der Waals surface area contributed by atoms with Gasteiger partial charge in [0.25, 0.3) is 5.22 Å². The summed E-state index contributed by atoms with van der Waals surface area (Å²) in [6.07, 6.45) is 0.993. The number of benzene rings is 2. The fourth-order valence-electron chi connectivity index (χ4n) is 2.86. The maximum absolute atomic E-state index is 5.72. The first-order chi connectivity index (χ1) is 14.3. The average Bonchev–Trinajstić information content (AvgIpc) is 3.52. The van der Waals surface area contributed by atoms with Crippen LogP contribution in [0.2, 0.25) is 0 Å². The summed E-state index contributed by atoms with van der Waals surface area (Å²) in [5, 5.41) is 12.6. The summed E-state index contributed by atoms with van der Waals surface area (Å²) in [6, 6.07) is 13.6. The van der Waals surface area contributed by atoms with Gasteiger partial charge in [0.05, 0.1) is 5.75 Å². The minimum absolute atomic E-state index is 0.221. The van der Waals surface area contributed by atoms with E-state index in [4.69, 9.17) is 18.4 Å². The van der Waals surface area contributed by atoms with Gasteiger partial charge in [0.2, 0.25) is 24.4 Å². The second-order valence-corrected chi connectivity index (χ2v) is 7.22. The van der Waals surface area contributed by atoms with Gasteiger partial charge in [-0.15, -0.1) is 10.2 Å². The first-order valence-electron chi connectivity index (χ1n) is 9.06. The molecule has 0 bridgehead atoms. The van der Waals surface area contributed by atoms with Gasteiger partial charge in [-0.25, -0.2) is 0 Å². The van der Waals surface area contributed by atoms with Crippen LogP contribution in [-0.4, -0.2) is 27.1 Å². The summed E-state index contributed by atoms with van der Waals surface area (Å²) in [4.78, 5) is 4.44. The number of ether oxygens (including phenoxy) is 2. The molecule has 1 aliphatic rings. The summed E-state index contributed by atoms with van der Waals surface area (Å²) in [5.74, 6) is 3.28. The molecule has 3 heterocycles. The van der Waals surface area contributed by atoms with Crippen LogP contribution in [0.1, 0.15) is 18.4 Å². The van der Waals surface area contributed by atoms with E-state index in [9.17, 15) is 0 Å². The number of hydrogen-bond acceptors (Lipinski definition) is 9. The van der Waals surface area contributed by atoms with Gasteiger partial charge in [-0.2, -0.15) is 4.98 Å². The lowest BCUT2D eigenvalue weighted by Crippen LogP contribution is -1.92. The van der Waals surface area contributed by atoms with Crippen LogP contribution in [0, 0.1) is 0 Å². The third kappa shape index (κ3) is 3.68. The Balaban J connectivity index is 1.25. The zero-order valence-corrected chi connectivity index (χ0v) is 16.3. The van der Waals surface area contributed by atoms with Gasteiger partial charge in [0.15, 0.2) is 11.5 Å². The summed E-state index contributed by atoms with van der Waals surface area (Å²) in [5.41, 5.74) is 2.96. The lowest BCUT2D eigenvalue weighted by Gasteiger charge is -1.97. The molecule has 146 valence electrons. The number of nitrogens with zero attached hydrogens (tertiary/aromatic N) is 4. The van der Waals surface area contributed by atoms with E-state index in [1.165, 1.54) is 17.3 Å². The fourth-order valence-corrected chi connectivity index (χ4v) is 3.46. The Hall–Kier alpha value is -3.33. The molecular formula is C20H16N4O4S. The minimum Gasteiger partial charge on any atom is -0.454 e. The van der Waals surface area contributed by atoms with Crippen LogP contribution < -0.4 is 9.47 Å². The predicted molar refractivity (Wildman–Crippen MR) is 105 cm³/mol. The number of thioether (sulfide) groups is 1. The van der Waals surface area contributed by atoms with Gasteiger partial charge in [-0.05, 0) is 30.2 Å². The van der Waals surface area contributed by atoms with E-state index in [2.05, 4.69) is 39.4 Å². The van der Waals surface area contributed by atoms with Crippen molar-refractivity contribution in [2.75, 3.05) is 6.79 Å². The van der Waals surface area contributed by atoms with Crippen molar-refractivity contribution in [3.63, 3.8) is 0 Å². The highest BCUT2D eigenvalue weighted by molar-refractivity contribution is 7.98. The maximum Gasteiger partial charge on any atom is 0.277 e. The molecule has 2 aromatic carbocycles. The van der Waals surface area contributed by atoms with E-state index in [-0.39, 0.29) is 6.79 Å². The second-order valence-electron chi connectivity index (χ2n) is 6.29. The normalized spacial score (nSPS) is 12.4. The van der Waals surface area contributed by atoms with Crippen LogP contribution in [0.25, 0.3) is 22.8 Å². The van der Waals surface area contributed by atoms with Crippen LogP contribution in [0.4, 0.5) is 0 Å². The van der Waals surface area contributed by atoms with Crippen LogP contribution in [0.5, 0.6) is 11.5 Å². The molecule has 0 spiro atoms. The van der Waals surface area contributed by atoms with E-state index in [0.717, 1.165) is 17.5 Å². The van der Waals surface area contributed by atoms with Gasteiger partial charge in [-0.3, -0.25) is 0 Å². The monoisotopic (exact) mass is 408 g/mol. The van der Waals surface area contributed by atoms with Crippen LogP contribution in [0.3, 0.4) is 0 Å². The van der Waals surface area contributed by atoms with E-state index in [1.54, 1.807) is 0 Å². The van der Waals surface area contributed by atoms with Crippen LogP contribution in [-0.2, 0) is 12.2 Å². The molecule has 2 aromatic heterocycles. The van der Waals surface area contributed by atoms with Crippen molar-refractivity contribution in [2.45, 2.75) is 24.3 Å². The number of aryl methyl sites for hydroxylation is 1. The Labute approximate surface area is 170 Å². The molecule has 0 aliphatic carbocycles. The third-order valence-electron chi connectivity index (χ3n) is 4.43. The molecule has 1 aliphatic heterocycles. The molecule has 8 nitrogen and oxygen atoms in total. The topological polar surface area (TPSA) is 96.3 Å². The molecule has 0 atom stereocenters. The van der Waals surface area contributed by atoms with E-state index >= 15 is 0 Å². The number of rotatable bonds is 6. The zero-order chi connectivity index (χ0) is 19.6. The van der Waals surface area contributed by atoms with Crippen LogP contribution in [0.15, 0.2) is 56.6 Å². The number of fused-ring (bicyclic) bond motifs is 1. The highest BCUT2D eigenvalue weighted by Gasteiger charge is 2.17. The molecular weight excluding hydrogens is 392 g/mol. The molecule has 0 N–H and O–H groups in total. The Morgan fingerprint density at radius 2 is 1.79 bits per heavy atom. The van der Waals surface area contributed by atoms with Gasteiger partial charge in [-0.1, -0.05) is 48.1 Å². The lowest BCUT2D eigenvalue weighted by atomic mass is 10.1. The number of aromatic nitrogens is 4. The summed E-state index contributed by atoms with van der Waals surface area (Å²) >= 11 is 1.34. The van der Waals surface area contributed by atoms with Crippen molar-refractivity contribution in [2.24, 2.45) is 0 Å². The predicted octanol–water partition coefficient (Wildman–Crippen LogP) is 4.37. The molecule has 0 unspecified atom stereocenters. The Bertz CT molecular complexity index is 1140. The summed E-state index contributed by atoms with van der Waals surface area (Å²) in [7, 11) is 0. The lowest BCUT2D eigenvalue weighted by molar-refractivity contribution is 0.174. The van der Waals surface area contributed by atoms with Gasteiger partial charge in [0, 0.05) is 11.1 Å². The van der Waals surface area contributed by atoms with Crippen LogP contribution >= 0.6 is 11.8 Å². The first kappa shape index (κ1) is 17.7. The van der Waals surface area contributed by atoms with Gasteiger partial charge >= 0.3 is 0 Å². The quantitative estimate of drug-likeness (QED) is 0.431. The van der Waals surface area contributed by atoms with Crippen molar-refractivity contribution >= 4 is 11.8 Å². The van der Waals surface area contributed by atoms with E-state index < -0.39 is 0 Å². The van der Waals surface area contributed by atoms with Crippen molar-refractivity contribution in [3.8, 4) is 34.3 Å². The maximum atomic E-state index is 5.72. The molecule has 29 heavy (non-hydrogen) atoms. The average molecular weight is 408 g/mol. The molecule has 4 aromatic rings. The van der Waals surface area contributed by atoms with Gasteiger partial charge < -0.3 is 18.4 Å². The SMILES string of the molecule is CCc1ccc(-c2noc(CSc3nnc(-c4ccc5c(c4)OCO5)o3)n2)cc1. The van der Waals surface area contributed by atoms with Crippen molar-refractivity contribution in [1.82, 2.24) is 20.3 Å². The Morgan fingerprint density at radius 1 is 0.966 bits per heavy atom. The molecule has 0 saturated heterocycles. The molecule has 0 amide bonds. The summed E-state index contributed by atoms with van der Waals surface area (Å²) < 4.78 is 21.8. The highest BCUT2D eigenvalue weighted by Crippen LogP contribution is 2.36. The largest absolute Gasteiger partial charge is 0.454 e. The van der Waals surface area contributed by atoms with E-state index in [1.807, 2.05) is 30.3 Å².